The minimum atomic E-state index is -3.65. The molecule has 0 atom stereocenters. The van der Waals surface area contributed by atoms with Crippen LogP contribution in [-0.2, 0) is 29.7 Å². The summed E-state index contributed by atoms with van der Waals surface area (Å²) in [6, 6.07) is 11.9. The number of nitrogens with one attached hydrogen (secondary N) is 2. The Morgan fingerprint density at radius 1 is 1.10 bits per heavy atom. The Kier molecular flexibility index (Phi) is 7.65. The van der Waals surface area contributed by atoms with Crippen molar-refractivity contribution in [1.82, 2.24) is 15.5 Å². The third kappa shape index (κ3) is 6.81. The molecule has 1 aliphatic rings. The van der Waals surface area contributed by atoms with Crippen LogP contribution < -0.4 is 15.8 Å². The molecule has 2 heterocycles. The monoisotopic (exact) mass is 435 g/mol. The number of rotatable bonds is 8. The van der Waals surface area contributed by atoms with Gasteiger partial charge in [-0.05, 0) is 56.1 Å². The van der Waals surface area contributed by atoms with E-state index in [0.29, 0.717) is 19.0 Å². The summed E-state index contributed by atoms with van der Waals surface area (Å²) in [5, 5.41) is 11.6. The predicted octanol–water partition coefficient (Wildman–Crippen LogP) is 2.25. The fourth-order valence-electron chi connectivity index (χ4n) is 3.24. The summed E-state index contributed by atoms with van der Waals surface area (Å²) in [7, 11) is -3.65. The van der Waals surface area contributed by atoms with Gasteiger partial charge in [-0.2, -0.15) is 0 Å². The van der Waals surface area contributed by atoms with Gasteiger partial charge in [-0.25, -0.2) is 18.5 Å². The highest BCUT2D eigenvalue weighted by molar-refractivity contribution is 7.91. The number of nitrogens with zero attached hydrogens (tertiary/aromatic N) is 2. The van der Waals surface area contributed by atoms with Gasteiger partial charge >= 0.3 is 0 Å². The quantitative estimate of drug-likeness (QED) is 0.436. The van der Waals surface area contributed by atoms with Crippen molar-refractivity contribution >= 4 is 27.3 Å². The van der Waals surface area contributed by atoms with Crippen LogP contribution in [0.5, 0.6) is 0 Å². The van der Waals surface area contributed by atoms with Gasteiger partial charge in [-0.1, -0.05) is 24.3 Å². The zero-order chi connectivity index (χ0) is 20.7. The maximum Gasteiger partial charge on any atom is 0.247 e. The second kappa shape index (κ2) is 10.2. The van der Waals surface area contributed by atoms with Crippen molar-refractivity contribution in [3.63, 3.8) is 0 Å². The molecule has 1 aromatic carbocycles. The minimum Gasteiger partial charge on any atom is -0.357 e. The number of hydrogen-bond donors (Lipinski definition) is 3. The first-order valence-corrected chi connectivity index (χ1v) is 12.2. The molecule has 0 spiro atoms. The normalized spacial score (nSPS) is 15.6. The standard InChI is InChI=1S/C20H29N5O2S2/c1-2-22-20(24-14-18-9-10-19(28-18)29(21,26)27)23-13-16-5-7-17(8-6-16)15-25-11-3-4-12-25/h5-10H,2-4,11-15H2,1H3,(H2,21,26,27)(H2,22,23,24). The van der Waals surface area contributed by atoms with E-state index in [1.54, 1.807) is 6.07 Å². The third-order valence-electron chi connectivity index (χ3n) is 4.74. The molecule has 1 aliphatic heterocycles. The Morgan fingerprint density at radius 2 is 1.79 bits per heavy atom. The Labute approximate surface area is 177 Å². The average Bonchev–Trinajstić information content (AvgIpc) is 3.37. The number of primary sulfonamides is 1. The van der Waals surface area contributed by atoms with E-state index in [9.17, 15) is 8.42 Å². The number of nitrogens with two attached hydrogens (primary N) is 1. The lowest BCUT2D eigenvalue weighted by Crippen LogP contribution is -2.36. The number of likely N-dealkylation sites (tertiary alicyclic amines) is 1. The molecule has 1 aromatic heterocycles. The van der Waals surface area contributed by atoms with E-state index in [4.69, 9.17) is 5.14 Å². The zero-order valence-corrected chi connectivity index (χ0v) is 18.4. The number of hydrogen-bond acceptors (Lipinski definition) is 5. The van der Waals surface area contributed by atoms with Crippen LogP contribution >= 0.6 is 11.3 Å². The van der Waals surface area contributed by atoms with Crippen LogP contribution in [0.3, 0.4) is 0 Å². The summed E-state index contributed by atoms with van der Waals surface area (Å²) >= 11 is 1.17. The number of sulfonamides is 1. The molecule has 3 rings (SSSR count). The number of aliphatic imine (C=N–C) groups is 1. The number of thiophene rings is 1. The molecule has 0 amide bonds. The van der Waals surface area contributed by atoms with E-state index < -0.39 is 10.0 Å². The van der Waals surface area contributed by atoms with Gasteiger partial charge in [-0.15, -0.1) is 11.3 Å². The molecule has 0 radical (unpaired) electrons. The molecule has 9 heteroatoms. The van der Waals surface area contributed by atoms with Crippen LogP contribution in [0.1, 0.15) is 35.8 Å². The SMILES string of the molecule is CCNC(=NCc1ccc(CN2CCCC2)cc1)NCc1ccc(S(N)(=O)=O)s1. The molecule has 1 fully saturated rings. The molecule has 4 N–H and O–H groups in total. The molecule has 158 valence electrons. The van der Waals surface area contributed by atoms with Gasteiger partial charge in [0.2, 0.25) is 10.0 Å². The molecule has 0 aliphatic carbocycles. The maximum atomic E-state index is 11.4. The van der Waals surface area contributed by atoms with E-state index in [-0.39, 0.29) is 4.21 Å². The summed E-state index contributed by atoms with van der Waals surface area (Å²) in [6.07, 6.45) is 2.61. The van der Waals surface area contributed by atoms with Crippen LogP contribution in [0.25, 0.3) is 0 Å². The molecular weight excluding hydrogens is 406 g/mol. The summed E-state index contributed by atoms with van der Waals surface area (Å²) in [6.45, 7) is 7.24. The summed E-state index contributed by atoms with van der Waals surface area (Å²) in [4.78, 5) is 8.01. The lowest BCUT2D eigenvalue weighted by molar-refractivity contribution is 0.331. The Bertz CT molecular complexity index is 917. The molecule has 29 heavy (non-hydrogen) atoms. The average molecular weight is 436 g/mol. The van der Waals surface area contributed by atoms with Gasteiger partial charge in [0.05, 0.1) is 13.1 Å². The first kappa shape index (κ1) is 21.8. The Hall–Kier alpha value is -1.94. The fraction of sp³-hybridized carbons (Fsp3) is 0.450. The number of benzene rings is 1. The molecule has 1 saturated heterocycles. The van der Waals surface area contributed by atoms with Crippen LogP contribution in [0.2, 0.25) is 0 Å². The van der Waals surface area contributed by atoms with Crippen molar-refractivity contribution in [3.05, 3.63) is 52.4 Å². The van der Waals surface area contributed by atoms with Gasteiger partial charge in [0.25, 0.3) is 0 Å². The van der Waals surface area contributed by atoms with Gasteiger partial charge in [-0.3, -0.25) is 4.90 Å². The first-order valence-electron chi connectivity index (χ1n) is 9.88. The number of guanidine groups is 1. The lowest BCUT2D eigenvalue weighted by Gasteiger charge is -2.14. The van der Waals surface area contributed by atoms with E-state index in [1.807, 2.05) is 6.92 Å². The van der Waals surface area contributed by atoms with Gasteiger partial charge in [0.1, 0.15) is 4.21 Å². The van der Waals surface area contributed by atoms with E-state index in [0.717, 1.165) is 23.5 Å². The van der Waals surface area contributed by atoms with E-state index >= 15 is 0 Å². The molecule has 7 nitrogen and oxygen atoms in total. The van der Waals surface area contributed by atoms with Crippen molar-refractivity contribution in [2.24, 2.45) is 10.1 Å². The van der Waals surface area contributed by atoms with Gasteiger partial charge in [0.15, 0.2) is 5.96 Å². The minimum absolute atomic E-state index is 0.172. The molecule has 0 bridgehead atoms. The van der Waals surface area contributed by atoms with Crippen LogP contribution in [-0.4, -0.2) is 38.9 Å². The maximum absolute atomic E-state index is 11.4. The summed E-state index contributed by atoms with van der Waals surface area (Å²) in [5.74, 6) is 0.694. The highest BCUT2D eigenvalue weighted by Crippen LogP contribution is 2.20. The first-order chi connectivity index (χ1) is 13.9. The van der Waals surface area contributed by atoms with Gasteiger partial charge in [0, 0.05) is 18.0 Å². The van der Waals surface area contributed by atoms with Crippen molar-refractivity contribution in [2.45, 2.75) is 43.6 Å². The van der Waals surface area contributed by atoms with Gasteiger partial charge < -0.3 is 10.6 Å². The Balaban J connectivity index is 1.55. The molecule has 0 saturated carbocycles. The van der Waals surface area contributed by atoms with Crippen molar-refractivity contribution in [2.75, 3.05) is 19.6 Å². The van der Waals surface area contributed by atoms with E-state index in [2.05, 4.69) is 44.8 Å². The Morgan fingerprint density at radius 3 is 2.41 bits per heavy atom. The van der Waals surface area contributed by atoms with Crippen molar-refractivity contribution < 1.29 is 8.42 Å². The predicted molar refractivity (Wildman–Crippen MR) is 118 cm³/mol. The van der Waals surface area contributed by atoms with Crippen LogP contribution in [0.4, 0.5) is 0 Å². The van der Waals surface area contributed by atoms with Crippen molar-refractivity contribution in [1.29, 1.82) is 0 Å². The summed E-state index contributed by atoms with van der Waals surface area (Å²) < 4.78 is 23.0. The van der Waals surface area contributed by atoms with E-state index in [1.165, 1.54) is 48.9 Å². The fourth-order valence-corrected chi connectivity index (χ4v) is 4.96. The zero-order valence-electron chi connectivity index (χ0n) is 16.7. The summed E-state index contributed by atoms with van der Waals surface area (Å²) in [5.41, 5.74) is 2.49. The largest absolute Gasteiger partial charge is 0.357 e. The topological polar surface area (TPSA) is 99.8 Å². The van der Waals surface area contributed by atoms with Crippen molar-refractivity contribution in [3.8, 4) is 0 Å². The lowest BCUT2D eigenvalue weighted by atomic mass is 10.1. The van der Waals surface area contributed by atoms with Crippen LogP contribution in [0, 0.1) is 0 Å². The molecular formula is C20H29N5O2S2. The molecule has 2 aromatic rings. The highest BCUT2D eigenvalue weighted by Gasteiger charge is 2.12. The second-order valence-electron chi connectivity index (χ2n) is 7.11. The second-order valence-corrected chi connectivity index (χ2v) is 10.1. The smallest absolute Gasteiger partial charge is 0.247 e. The highest BCUT2D eigenvalue weighted by atomic mass is 32.2. The molecule has 0 unspecified atom stereocenters. The third-order valence-corrected chi connectivity index (χ3v) is 7.26. The van der Waals surface area contributed by atoms with Crippen LogP contribution in [0.15, 0.2) is 45.6 Å².